The SMILES string of the molecule is CC1(C)CCc2ccc(C3CCCCC3)cc2C(Cl)C1. The lowest BCUT2D eigenvalue weighted by atomic mass is 9.82. The van der Waals surface area contributed by atoms with E-state index < -0.39 is 0 Å². The van der Waals surface area contributed by atoms with Crippen molar-refractivity contribution >= 4 is 11.6 Å². The van der Waals surface area contributed by atoms with E-state index in [2.05, 4.69) is 32.0 Å². The zero-order valence-electron chi connectivity index (χ0n) is 12.9. The predicted octanol–water partition coefficient (Wildman–Crippen LogP) is 6.38. The van der Waals surface area contributed by atoms with Crippen molar-refractivity contribution < 1.29 is 0 Å². The second-order valence-electron chi connectivity index (χ2n) is 7.63. The van der Waals surface area contributed by atoms with Crippen LogP contribution in [0, 0.1) is 5.41 Å². The van der Waals surface area contributed by atoms with Gasteiger partial charge in [-0.2, -0.15) is 0 Å². The maximum atomic E-state index is 6.75. The molecule has 0 saturated heterocycles. The molecule has 0 amide bonds. The summed E-state index contributed by atoms with van der Waals surface area (Å²) in [5, 5.41) is 0.200. The molecule has 1 unspecified atom stereocenters. The molecule has 1 atom stereocenters. The quantitative estimate of drug-likeness (QED) is 0.416. The van der Waals surface area contributed by atoms with Crippen molar-refractivity contribution in [3.05, 3.63) is 34.9 Å². The summed E-state index contributed by atoms with van der Waals surface area (Å²) in [6.07, 6.45) is 10.5. The maximum Gasteiger partial charge on any atom is 0.0593 e. The molecule has 1 heteroatoms. The van der Waals surface area contributed by atoms with Gasteiger partial charge < -0.3 is 0 Å². The van der Waals surface area contributed by atoms with Gasteiger partial charge in [0.1, 0.15) is 0 Å². The van der Waals surface area contributed by atoms with Crippen LogP contribution in [0.25, 0.3) is 0 Å². The first kappa shape index (κ1) is 14.4. The summed E-state index contributed by atoms with van der Waals surface area (Å²) in [6, 6.07) is 7.21. The van der Waals surface area contributed by atoms with Crippen molar-refractivity contribution in [1.29, 1.82) is 0 Å². The monoisotopic (exact) mass is 290 g/mol. The van der Waals surface area contributed by atoms with Crippen LogP contribution in [0.15, 0.2) is 18.2 Å². The molecule has 0 radical (unpaired) electrons. The average Bonchev–Trinajstić information content (AvgIpc) is 2.56. The van der Waals surface area contributed by atoms with Crippen LogP contribution in [0.4, 0.5) is 0 Å². The van der Waals surface area contributed by atoms with Crippen LogP contribution in [-0.4, -0.2) is 0 Å². The van der Waals surface area contributed by atoms with Crippen LogP contribution < -0.4 is 0 Å². The molecule has 2 aliphatic rings. The number of aryl methyl sites for hydroxylation is 1. The van der Waals surface area contributed by atoms with Crippen molar-refractivity contribution in [2.24, 2.45) is 5.41 Å². The highest BCUT2D eigenvalue weighted by Crippen LogP contribution is 2.44. The van der Waals surface area contributed by atoms with E-state index in [9.17, 15) is 0 Å². The summed E-state index contributed by atoms with van der Waals surface area (Å²) in [7, 11) is 0. The molecule has 0 nitrogen and oxygen atoms in total. The van der Waals surface area contributed by atoms with Gasteiger partial charge in [-0.3, -0.25) is 0 Å². The Morgan fingerprint density at radius 1 is 1.10 bits per heavy atom. The number of hydrogen-bond donors (Lipinski definition) is 0. The van der Waals surface area contributed by atoms with E-state index in [1.54, 1.807) is 5.56 Å². The van der Waals surface area contributed by atoms with Crippen LogP contribution in [0.5, 0.6) is 0 Å². The van der Waals surface area contributed by atoms with Gasteiger partial charge in [-0.25, -0.2) is 0 Å². The third kappa shape index (κ3) is 3.06. The fourth-order valence-electron chi connectivity index (χ4n) is 3.99. The van der Waals surface area contributed by atoms with Crippen molar-refractivity contribution in [2.75, 3.05) is 0 Å². The minimum Gasteiger partial charge on any atom is -0.118 e. The van der Waals surface area contributed by atoms with E-state index in [0.29, 0.717) is 5.41 Å². The molecule has 1 aromatic carbocycles. The van der Waals surface area contributed by atoms with Crippen LogP contribution in [0.3, 0.4) is 0 Å². The minimum atomic E-state index is 0.200. The largest absolute Gasteiger partial charge is 0.118 e. The number of rotatable bonds is 1. The molecular weight excluding hydrogens is 264 g/mol. The second kappa shape index (κ2) is 5.72. The molecule has 2 aliphatic carbocycles. The van der Waals surface area contributed by atoms with Crippen LogP contribution >= 0.6 is 11.6 Å². The van der Waals surface area contributed by atoms with Gasteiger partial charge in [0, 0.05) is 0 Å². The maximum absolute atomic E-state index is 6.75. The molecular formula is C19H27Cl. The molecule has 110 valence electrons. The lowest BCUT2D eigenvalue weighted by Crippen LogP contribution is -2.11. The molecule has 0 heterocycles. The second-order valence-corrected chi connectivity index (χ2v) is 8.16. The molecule has 0 aliphatic heterocycles. The summed E-state index contributed by atoms with van der Waals surface area (Å²) >= 11 is 6.75. The number of alkyl halides is 1. The molecule has 0 bridgehead atoms. The summed E-state index contributed by atoms with van der Waals surface area (Å²) in [5.41, 5.74) is 4.85. The Kier molecular flexibility index (Phi) is 4.13. The molecule has 0 N–H and O–H groups in total. The van der Waals surface area contributed by atoms with Crippen LogP contribution in [-0.2, 0) is 6.42 Å². The van der Waals surface area contributed by atoms with Crippen molar-refractivity contribution in [2.45, 2.75) is 76.5 Å². The van der Waals surface area contributed by atoms with Crippen LogP contribution in [0.2, 0.25) is 0 Å². The smallest absolute Gasteiger partial charge is 0.0593 e. The molecule has 0 aromatic heterocycles. The zero-order valence-corrected chi connectivity index (χ0v) is 13.7. The Balaban J connectivity index is 1.88. The Bertz CT molecular complexity index is 469. The normalized spacial score (nSPS) is 26.9. The number of hydrogen-bond acceptors (Lipinski definition) is 0. The summed E-state index contributed by atoms with van der Waals surface area (Å²) in [4.78, 5) is 0. The van der Waals surface area contributed by atoms with Gasteiger partial charge in [-0.15, -0.1) is 11.6 Å². The molecule has 1 fully saturated rings. The molecule has 1 saturated carbocycles. The van der Waals surface area contributed by atoms with Gasteiger partial charge >= 0.3 is 0 Å². The molecule has 0 spiro atoms. The van der Waals surface area contributed by atoms with E-state index in [1.165, 1.54) is 56.1 Å². The van der Waals surface area contributed by atoms with Gasteiger partial charge in [0.15, 0.2) is 0 Å². The van der Waals surface area contributed by atoms with Gasteiger partial charge in [-0.1, -0.05) is 51.3 Å². The predicted molar refractivity (Wildman–Crippen MR) is 87.6 cm³/mol. The van der Waals surface area contributed by atoms with Crippen molar-refractivity contribution in [1.82, 2.24) is 0 Å². The van der Waals surface area contributed by atoms with Crippen molar-refractivity contribution in [3.63, 3.8) is 0 Å². The zero-order chi connectivity index (χ0) is 14.2. The number of fused-ring (bicyclic) bond motifs is 1. The van der Waals surface area contributed by atoms with Crippen molar-refractivity contribution in [3.8, 4) is 0 Å². The molecule has 20 heavy (non-hydrogen) atoms. The first-order valence-electron chi connectivity index (χ1n) is 8.32. The first-order chi connectivity index (χ1) is 9.55. The summed E-state index contributed by atoms with van der Waals surface area (Å²) in [6.45, 7) is 4.71. The molecule has 1 aromatic rings. The minimum absolute atomic E-state index is 0.200. The highest BCUT2D eigenvalue weighted by Gasteiger charge is 2.29. The Morgan fingerprint density at radius 3 is 2.60 bits per heavy atom. The molecule has 3 rings (SSSR count). The lowest BCUT2D eigenvalue weighted by Gasteiger charge is -2.25. The Hall–Kier alpha value is -0.490. The van der Waals surface area contributed by atoms with Gasteiger partial charge in [-0.05, 0) is 60.1 Å². The van der Waals surface area contributed by atoms with E-state index in [0.717, 1.165) is 12.3 Å². The van der Waals surface area contributed by atoms with Gasteiger partial charge in [0.2, 0.25) is 0 Å². The average molecular weight is 291 g/mol. The van der Waals surface area contributed by atoms with Gasteiger partial charge in [0.25, 0.3) is 0 Å². The van der Waals surface area contributed by atoms with E-state index in [4.69, 9.17) is 11.6 Å². The number of benzene rings is 1. The number of halogens is 1. The highest BCUT2D eigenvalue weighted by molar-refractivity contribution is 6.21. The van der Waals surface area contributed by atoms with E-state index in [-0.39, 0.29) is 5.38 Å². The first-order valence-corrected chi connectivity index (χ1v) is 8.76. The Labute approximate surface area is 128 Å². The van der Waals surface area contributed by atoms with E-state index in [1.807, 2.05) is 0 Å². The standard InChI is InChI=1S/C19H27Cl/c1-19(2)11-10-15-8-9-16(12-17(15)18(20)13-19)14-6-4-3-5-7-14/h8-9,12,14,18H,3-7,10-11,13H2,1-2H3. The Morgan fingerprint density at radius 2 is 1.85 bits per heavy atom. The lowest BCUT2D eigenvalue weighted by molar-refractivity contribution is 0.313. The summed E-state index contributed by atoms with van der Waals surface area (Å²) < 4.78 is 0. The summed E-state index contributed by atoms with van der Waals surface area (Å²) in [5.74, 6) is 0.786. The topological polar surface area (TPSA) is 0 Å². The van der Waals surface area contributed by atoms with E-state index >= 15 is 0 Å². The highest BCUT2D eigenvalue weighted by atomic mass is 35.5. The third-order valence-corrected chi connectivity index (χ3v) is 5.78. The fourth-order valence-corrected chi connectivity index (χ4v) is 4.61. The fraction of sp³-hybridized carbons (Fsp3) is 0.684. The third-order valence-electron chi connectivity index (χ3n) is 5.39. The van der Waals surface area contributed by atoms with Crippen LogP contribution in [0.1, 0.15) is 86.8 Å². The van der Waals surface area contributed by atoms with Gasteiger partial charge in [0.05, 0.1) is 5.38 Å².